The molecule has 1 atom stereocenters. The highest BCUT2D eigenvalue weighted by Crippen LogP contribution is 2.38. The number of amides is 1. The number of aromatic amines is 1. The monoisotopic (exact) mass is 436 g/mol. The predicted octanol–water partition coefficient (Wildman–Crippen LogP) is 4.49. The van der Waals surface area contributed by atoms with Gasteiger partial charge in [0.15, 0.2) is 0 Å². The molecule has 1 aliphatic rings. The van der Waals surface area contributed by atoms with Crippen LogP contribution in [0.2, 0.25) is 0 Å². The Labute approximate surface area is 190 Å². The summed E-state index contributed by atoms with van der Waals surface area (Å²) < 4.78 is 2.12. The lowest BCUT2D eigenvalue weighted by Crippen LogP contribution is -2.22. The quantitative estimate of drug-likeness (QED) is 0.328. The average Bonchev–Trinajstić information content (AvgIpc) is 3.46. The Kier molecular flexibility index (Phi) is 4.48. The van der Waals surface area contributed by atoms with Gasteiger partial charge in [0.2, 0.25) is 0 Å². The average molecular weight is 437 g/mol. The molecule has 6 nitrogen and oxygen atoms in total. The first-order valence-electron chi connectivity index (χ1n) is 11.1. The SMILES string of the molecule is Cn1ccc2cc(CNCc3[nH]c4ccccc4c3C3NC(=O)c4ccc(O)cc43)ccc21. The number of rotatable bonds is 5. The number of aromatic hydroxyl groups is 1. The van der Waals surface area contributed by atoms with Gasteiger partial charge in [-0.2, -0.15) is 0 Å². The largest absolute Gasteiger partial charge is 0.508 e. The fourth-order valence-corrected chi connectivity index (χ4v) is 4.97. The molecule has 0 bridgehead atoms. The van der Waals surface area contributed by atoms with Crippen molar-refractivity contribution >= 4 is 27.7 Å². The van der Waals surface area contributed by atoms with Crippen molar-refractivity contribution in [2.75, 3.05) is 0 Å². The number of carbonyl (C=O) groups excluding carboxylic acids is 1. The third-order valence-corrected chi connectivity index (χ3v) is 6.56. The Hall–Kier alpha value is -4.03. The zero-order valence-corrected chi connectivity index (χ0v) is 18.2. The highest BCUT2D eigenvalue weighted by atomic mass is 16.3. The van der Waals surface area contributed by atoms with Crippen LogP contribution in [-0.2, 0) is 20.1 Å². The molecule has 4 N–H and O–H groups in total. The minimum absolute atomic E-state index is 0.115. The van der Waals surface area contributed by atoms with Gasteiger partial charge in [0, 0.05) is 59.6 Å². The van der Waals surface area contributed by atoms with Gasteiger partial charge in [-0.25, -0.2) is 0 Å². The molecule has 6 heteroatoms. The van der Waals surface area contributed by atoms with Crippen molar-refractivity contribution in [1.82, 2.24) is 20.2 Å². The van der Waals surface area contributed by atoms with Crippen LogP contribution in [0.4, 0.5) is 0 Å². The second-order valence-electron chi connectivity index (χ2n) is 8.66. The Morgan fingerprint density at radius 1 is 1.03 bits per heavy atom. The highest BCUT2D eigenvalue weighted by Gasteiger charge is 2.33. The molecule has 6 rings (SSSR count). The van der Waals surface area contributed by atoms with Crippen LogP contribution in [0.25, 0.3) is 21.8 Å². The number of aromatic nitrogens is 2. The summed E-state index contributed by atoms with van der Waals surface area (Å²) in [5.41, 5.74) is 6.94. The van der Waals surface area contributed by atoms with Crippen molar-refractivity contribution in [3.8, 4) is 5.75 Å². The van der Waals surface area contributed by atoms with Crippen LogP contribution < -0.4 is 10.6 Å². The first-order valence-corrected chi connectivity index (χ1v) is 11.1. The number of nitrogens with zero attached hydrogens (tertiary/aromatic N) is 1. The lowest BCUT2D eigenvalue weighted by molar-refractivity contribution is 0.0960. The molecule has 0 saturated heterocycles. The Bertz CT molecular complexity index is 1530. The maximum Gasteiger partial charge on any atom is 0.252 e. The summed E-state index contributed by atoms with van der Waals surface area (Å²) in [5, 5.41) is 19.0. The number of hydrogen-bond acceptors (Lipinski definition) is 3. The molecular weight excluding hydrogens is 412 g/mol. The van der Waals surface area contributed by atoms with E-state index in [-0.39, 0.29) is 17.7 Å². The van der Waals surface area contributed by atoms with Gasteiger partial charge in [-0.15, -0.1) is 0 Å². The number of nitrogens with one attached hydrogen (secondary N) is 3. The van der Waals surface area contributed by atoms with Gasteiger partial charge in [-0.1, -0.05) is 24.3 Å². The summed E-state index contributed by atoms with van der Waals surface area (Å²) in [6, 6.07) is 21.4. The number of phenols is 1. The highest BCUT2D eigenvalue weighted by molar-refractivity contribution is 6.01. The molecule has 1 unspecified atom stereocenters. The minimum atomic E-state index is -0.312. The summed E-state index contributed by atoms with van der Waals surface area (Å²) in [4.78, 5) is 16.2. The first-order chi connectivity index (χ1) is 16.1. The maximum atomic E-state index is 12.6. The molecule has 1 aliphatic heterocycles. The Morgan fingerprint density at radius 2 is 1.91 bits per heavy atom. The van der Waals surface area contributed by atoms with E-state index in [9.17, 15) is 9.90 Å². The fourth-order valence-electron chi connectivity index (χ4n) is 4.97. The Morgan fingerprint density at radius 3 is 2.82 bits per heavy atom. The molecule has 2 aromatic heterocycles. The number of fused-ring (bicyclic) bond motifs is 3. The topological polar surface area (TPSA) is 82.1 Å². The zero-order valence-electron chi connectivity index (χ0n) is 18.2. The number of hydrogen-bond donors (Lipinski definition) is 4. The lowest BCUT2D eigenvalue weighted by atomic mass is 9.95. The van der Waals surface area contributed by atoms with Crippen molar-refractivity contribution < 1.29 is 9.90 Å². The molecule has 3 heterocycles. The van der Waals surface area contributed by atoms with Crippen LogP contribution in [0.5, 0.6) is 5.75 Å². The van der Waals surface area contributed by atoms with Gasteiger partial charge < -0.3 is 25.3 Å². The van der Waals surface area contributed by atoms with Gasteiger partial charge in [0.05, 0.1) is 6.04 Å². The normalized spacial score (nSPS) is 15.3. The molecule has 0 spiro atoms. The molecule has 33 heavy (non-hydrogen) atoms. The Balaban J connectivity index is 1.32. The van der Waals surface area contributed by atoms with Crippen LogP contribution >= 0.6 is 0 Å². The lowest BCUT2D eigenvalue weighted by Gasteiger charge is -2.15. The van der Waals surface area contributed by atoms with Gasteiger partial charge in [-0.3, -0.25) is 4.79 Å². The van der Waals surface area contributed by atoms with Gasteiger partial charge >= 0.3 is 0 Å². The minimum Gasteiger partial charge on any atom is -0.508 e. The van der Waals surface area contributed by atoms with Crippen LogP contribution in [0.15, 0.2) is 72.9 Å². The van der Waals surface area contributed by atoms with Crippen molar-refractivity contribution in [3.63, 3.8) is 0 Å². The van der Waals surface area contributed by atoms with E-state index in [1.54, 1.807) is 18.2 Å². The number of para-hydroxylation sites is 1. The molecule has 0 aliphatic carbocycles. The van der Waals surface area contributed by atoms with Crippen LogP contribution in [-0.4, -0.2) is 20.6 Å². The summed E-state index contributed by atoms with van der Waals surface area (Å²) in [5.74, 6) is 0.0430. The second kappa shape index (κ2) is 7.53. The molecule has 1 amide bonds. The van der Waals surface area contributed by atoms with Gasteiger partial charge in [0.1, 0.15) is 5.75 Å². The molecule has 3 aromatic carbocycles. The maximum absolute atomic E-state index is 12.6. The number of phenolic OH excluding ortho intramolecular Hbond substituents is 1. The molecule has 164 valence electrons. The smallest absolute Gasteiger partial charge is 0.252 e. The molecule has 5 aromatic rings. The number of carbonyl (C=O) groups is 1. The summed E-state index contributed by atoms with van der Waals surface area (Å²) in [6.07, 6.45) is 2.07. The van der Waals surface area contributed by atoms with Gasteiger partial charge in [-0.05, 0) is 59.0 Å². The van der Waals surface area contributed by atoms with Crippen molar-refractivity contribution in [2.45, 2.75) is 19.1 Å². The third-order valence-electron chi connectivity index (χ3n) is 6.56. The zero-order chi connectivity index (χ0) is 22.5. The van der Waals surface area contributed by atoms with Gasteiger partial charge in [0.25, 0.3) is 5.91 Å². The molecular formula is C27H24N4O2. The van der Waals surface area contributed by atoms with E-state index in [2.05, 4.69) is 63.8 Å². The molecule has 0 saturated carbocycles. The molecule has 0 radical (unpaired) electrons. The number of H-pyrrole nitrogens is 1. The van der Waals surface area contributed by atoms with E-state index in [0.717, 1.165) is 34.3 Å². The van der Waals surface area contributed by atoms with E-state index in [0.29, 0.717) is 12.1 Å². The van der Waals surface area contributed by atoms with E-state index >= 15 is 0 Å². The van der Waals surface area contributed by atoms with Crippen LogP contribution in [0, 0.1) is 0 Å². The number of benzene rings is 3. The third kappa shape index (κ3) is 3.27. The number of aryl methyl sites for hydroxylation is 1. The van der Waals surface area contributed by atoms with E-state index in [1.165, 1.54) is 16.5 Å². The summed E-state index contributed by atoms with van der Waals surface area (Å²) >= 11 is 0. The summed E-state index contributed by atoms with van der Waals surface area (Å²) in [6.45, 7) is 1.35. The van der Waals surface area contributed by atoms with Crippen molar-refractivity contribution in [2.24, 2.45) is 7.05 Å². The van der Waals surface area contributed by atoms with E-state index in [4.69, 9.17) is 0 Å². The van der Waals surface area contributed by atoms with Crippen LogP contribution in [0.1, 0.15) is 38.8 Å². The van der Waals surface area contributed by atoms with E-state index < -0.39 is 0 Å². The predicted molar refractivity (Wildman–Crippen MR) is 129 cm³/mol. The van der Waals surface area contributed by atoms with Crippen molar-refractivity contribution in [1.29, 1.82) is 0 Å². The van der Waals surface area contributed by atoms with Crippen LogP contribution in [0.3, 0.4) is 0 Å². The fraction of sp³-hybridized carbons (Fsp3) is 0.148. The molecule has 0 fully saturated rings. The second-order valence-corrected chi connectivity index (χ2v) is 8.66. The summed E-state index contributed by atoms with van der Waals surface area (Å²) in [7, 11) is 2.05. The first kappa shape index (κ1) is 19.6. The van der Waals surface area contributed by atoms with E-state index in [1.807, 2.05) is 18.2 Å². The van der Waals surface area contributed by atoms with Crippen molar-refractivity contribution in [3.05, 3.63) is 101 Å². The standard InChI is InChI=1S/C27H24N4O2/c1-31-11-10-17-12-16(6-9-24(17)31)14-28-15-23-25(20-4-2-3-5-22(20)29-23)26-21-13-18(32)7-8-19(21)27(33)30-26/h2-13,26,28-29,32H,14-15H2,1H3,(H,30,33).